The van der Waals surface area contributed by atoms with Gasteiger partial charge >= 0.3 is 0 Å². The fourth-order valence-electron chi connectivity index (χ4n) is 3.71. The quantitative estimate of drug-likeness (QED) is 0.601. The lowest BCUT2D eigenvalue weighted by molar-refractivity contribution is -0.117. The molecule has 1 amide bonds. The van der Waals surface area contributed by atoms with Crippen molar-refractivity contribution in [2.45, 2.75) is 13.0 Å². The molecule has 158 valence electrons. The van der Waals surface area contributed by atoms with Crippen LogP contribution in [0, 0.1) is 0 Å². The van der Waals surface area contributed by atoms with Crippen LogP contribution in [0.15, 0.2) is 54.6 Å². The lowest BCUT2D eigenvalue weighted by Gasteiger charge is -2.31. The smallest absolute Gasteiger partial charge is 0.242 e. The number of benzene rings is 2. The van der Waals surface area contributed by atoms with Gasteiger partial charge in [0, 0.05) is 32.2 Å². The van der Waals surface area contributed by atoms with Crippen LogP contribution in [0.4, 0.5) is 5.13 Å². The van der Waals surface area contributed by atoms with Crippen LogP contribution >= 0.6 is 11.3 Å². The second-order valence-corrected chi connectivity index (χ2v) is 8.37. The Bertz CT molecular complexity index is 923. The molecule has 3 aromatic rings. The second kappa shape index (κ2) is 10.1. The van der Waals surface area contributed by atoms with Crippen molar-refractivity contribution >= 4 is 32.6 Å². The largest absolute Gasteiger partial charge is 0.379 e. The third-order valence-corrected chi connectivity index (χ3v) is 6.44. The molecular formula is C23H28N4O2S. The fraction of sp³-hybridized carbons (Fsp3) is 0.391. The summed E-state index contributed by atoms with van der Waals surface area (Å²) in [5.74, 6) is 0.0412. The molecule has 0 bridgehead atoms. The molecular weight excluding hydrogens is 396 g/mol. The van der Waals surface area contributed by atoms with E-state index >= 15 is 0 Å². The van der Waals surface area contributed by atoms with Crippen molar-refractivity contribution in [3.05, 3.63) is 60.2 Å². The number of amides is 1. The number of para-hydroxylation sites is 1. The van der Waals surface area contributed by atoms with Crippen molar-refractivity contribution in [3.8, 4) is 0 Å². The molecule has 1 unspecified atom stereocenters. The minimum atomic E-state index is 0.0412. The van der Waals surface area contributed by atoms with E-state index in [-0.39, 0.29) is 18.5 Å². The van der Waals surface area contributed by atoms with Gasteiger partial charge in [0.2, 0.25) is 5.91 Å². The summed E-state index contributed by atoms with van der Waals surface area (Å²) >= 11 is 1.56. The van der Waals surface area contributed by atoms with Gasteiger partial charge in [-0.25, -0.2) is 4.98 Å². The highest BCUT2D eigenvalue weighted by atomic mass is 32.1. The number of anilines is 1. The number of morpholine rings is 1. The number of aromatic nitrogens is 1. The van der Waals surface area contributed by atoms with Crippen LogP contribution in [0.5, 0.6) is 0 Å². The van der Waals surface area contributed by atoms with Crippen molar-refractivity contribution in [2.24, 2.45) is 0 Å². The van der Waals surface area contributed by atoms with Gasteiger partial charge in [0.05, 0.1) is 30.0 Å². The molecule has 2 aromatic carbocycles. The Morgan fingerprint density at radius 1 is 1.17 bits per heavy atom. The molecule has 0 radical (unpaired) electrons. The Hall–Kier alpha value is -2.32. The molecule has 1 aliphatic heterocycles. The number of thiazole rings is 1. The Kier molecular flexibility index (Phi) is 7.07. The molecule has 1 N–H and O–H groups in total. The molecule has 1 aliphatic rings. The van der Waals surface area contributed by atoms with E-state index in [0.717, 1.165) is 48.2 Å². The lowest BCUT2D eigenvalue weighted by Crippen LogP contribution is -2.45. The lowest BCUT2D eigenvalue weighted by atomic mass is 10.1. The highest BCUT2D eigenvalue weighted by Gasteiger charge is 2.22. The summed E-state index contributed by atoms with van der Waals surface area (Å²) in [6, 6.07) is 18.4. The summed E-state index contributed by atoms with van der Waals surface area (Å²) in [7, 11) is 0. The normalized spacial score (nSPS) is 15.9. The van der Waals surface area contributed by atoms with Gasteiger partial charge in [0.25, 0.3) is 0 Å². The zero-order valence-electron chi connectivity index (χ0n) is 17.3. The standard InChI is InChI=1S/C23H28N4O2S/c1-2-27(23-25-19-10-6-7-11-21(19)30-23)22(28)16-24-20(18-8-4-3-5-9-18)17-26-12-14-29-15-13-26/h3-11,20,24H,2,12-17H2,1H3. The van der Waals surface area contributed by atoms with Crippen LogP contribution in [-0.2, 0) is 9.53 Å². The number of likely N-dealkylation sites (N-methyl/N-ethyl adjacent to an activating group) is 1. The molecule has 6 nitrogen and oxygen atoms in total. The van der Waals surface area contributed by atoms with Gasteiger partial charge in [-0.2, -0.15) is 0 Å². The van der Waals surface area contributed by atoms with E-state index in [1.54, 1.807) is 16.2 Å². The van der Waals surface area contributed by atoms with E-state index in [0.29, 0.717) is 6.54 Å². The predicted octanol–water partition coefficient (Wildman–Crippen LogP) is 3.31. The highest BCUT2D eigenvalue weighted by molar-refractivity contribution is 7.22. The molecule has 1 fully saturated rings. The maximum absolute atomic E-state index is 13.1. The van der Waals surface area contributed by atoms with E-state index in [2.05, 4.69) is 27.3 Å². The molecule has 2 heterocycles. The van der Waals surface area contributed by atoms with Gasteiger partial charge in [-0.3, -0.25) is 14.6 Å². The van der Waals surface area contributed by atoms with Gasteiger partial charge in [-0.05, 0) is 24.6 Å². The van der Waals surface area contributed by atoms with Crippen LogP contribution in [0.25, 0.3) is 10.2 Å². The van der Waals surface area contributed by atoms with Crippen molar-refractivity contribution < 1.29 is 9.53 Å². The fourth-order valence-corrected chi connectivity index (χ4v) is 4.76. The first-order valence-electron chi connectivity index (χ1n) is 10.5. The van der Waals surface area contributed by atoms with Gasteiger partial charge in [0.15, 0.2) is 5.13 Å². The number of fused-ring (bicyclic) bond motifs is 1. The van der Waals surface area contributed by atoms with Crippen LogP contribution in [0.1, 0.15) is 18.5 Å². The maximum atomic E-state index is 13.1. The van der Waals surface area contributed by atoms with E-state index in [9.17, 15) is 4.79 Å². The summed E-state index contributed by atoms with van der Waals surface area (Å²) in [5.41, 5.74) is 2.13. The van der Waals surface area contributed by atoms with Crippen molar-refractivity contribution in [1.82, 2.24) is 15.2 Å². The molecule has 0 aliphatic carbocycles. The number of nitrogens with one attached hydrogen (secondary N) is 1. The predicted molar refractivity (Wildman–Crippen MR) is 122 cm³/mol. The Morgan fingerprint density at radius 3 is 2.63 bits per heavy atom. The third-order valence-electron chi connectivity index (χ3n) is 5.38. The summed E-state index contributed by atoms with van der Waals surface area (Å²) in [4.78, 5) is 21.9. The Balaban J connectivity index is 1.45. The zero-order valence-corrected chi connectivity index (χ0v) is 18.1. The average molecular weight is 425 g/mol. The molecule has 30 heavy (non-hydrogen) atoms. The van der Waals surface area contributed by atoms with Crippen LogP contribution in [-0.4, -0.2) is 61.7 Å². The minimum absolute atomic E-state index is 0.0412. The van der Waals surface area contributed by atoms with E-state index < -0.39 is 0 Å². The first-order valence-corrected chi connectivity index (χ1v) is 11.3. The van der Waals surface area contributed by atoms with Gasteiger partial charge in [0.1, 0.15) is 0 Å². The number of carbonyl (C=O) groups is 1. The van der Waals surface area contributed by atoms with E-state index in [1.807, 2.05) is 49.4 Å². The first kappa shape index (κ1) is 20.9. The Labute approximate surface area is 181 Å². The first-order chi connectivity index (χ1) is 14.7. The summed E-state index contributed by atoms with van der Waals surface area (Å²) in [6.45, 7) is 7.09. The van der Waals surface area contributed by atoms with Crippen LogP contribution in [0.3, 0.4) is 0 Å². The Morgan fingerprint density at radius 2 is 1.90 bits per heavy atom. The number of rotatable bonds is 8. The van der Waals surface area contributed by atoms with Gasteiger partial charge in [-0.1, -0.05) is 53.8 Å². The van der Waals surface area contributed by atoms with E-state index in [1.165, 1.54) is 5.56 Å². The number of hydrogen-bond donors (Lipinski definition) is 1. The van der Waals surface area contributed by atoms with Crippen LogP contribution in [0.2, 0.25) is 0 Å². The zero-order chi connectivity index (χ0) is 20.8. The molecule has 0 spiro atoms. The third kappa shape index (κ3) is 5.05. The number of nitrogens with zero attached hydrogens (tertiary/aromatic N) is 3. The molecule has 1 aromatic heterocycles. The van der Waals surface area contributed by atoms with Crippen molar-refractivity contribution in [3.63, 3.8) is 0 Å². The summed E-state index contributed by atoms with van der Waals surface area (Å²) in [5, 5.41) is 4.26. The SMILES string of the molecule is CCN(C(=O)CNC(CN1CCOCC1)c1ccccc1)c1nc2ccccc2s1. The van der Waals surface area contributed by atoms with Gasteiger partial charge in [-0.15, -0.1) is 0 Å². The molecule has 4 rings (SSSR count). The minimum Gasteiger partial charge on any atom is -0.379 e. The maximum Gasteiger partial charge on any atom is 0.242 e. The van der Waals surface area contributed by atoms with E-state index in [4.69, 9.17) is 4.74 Å². The molecule has 7 heteroatoms. The number of carbonyl (C=O) groups excluding carboxylic acids is 1. The number of hydrogen-bond acceptors (Lipinski definition) is 6. The van der Waals surface area contributed by atoms with Gasteiger partial charge < -0.3 is 10.1 Å². The second-order valence-electron chi connectivity index (χ2n) is 7.36. The molecule has 0 saturated carbocycles. The summed E-state index contributed by atoms with van der Waals surface area (Å²) < 4.78 is 6.57. The average Bonchev–Trinajstić information content (AvgIpc) is 3.22. The topological polar surface area (TPSA) is 57.7 Å². The highest BCUT2D eigenvalue weighted by Crippen LogP contribution is 2.28. The monoisotopic (exact) mass is 424 g/mol. The van der Waals surface area contributed by atoms with Crippen LogP contribution < -0.4 is 10.2 Å². The molecule has 1 atom stereocenters. The molecule has 1 saturated heterocycles. The summed E-state index contributed by atoms with van der Waals surface area (Å²) in [6.07, 6.45) is 0. The van der Waals surface area contributed by atoms with Crippen molar-refractivity contribution in [2.75, 3.05) is 50.8 Å². The van der Waals surface area contributed by atoms with Crippen molar-refractivity contribution in [1.29, 1.82) is 0 Å². The number of ether oxygens (including phenoxy) is 1.